The molecule has 16 heavy (non-hydrogen) atoms. The van der Waals surface area contributed by atoms with Crippen LogP contribution in [0.25, 0.3) is 0 Å². The van der Waals surface area contributed by atoms with Crippen LogP contribution < -0.4 is 10.9 Å². The second-order valence-corrected chi connectivity index (χ2v) is 4.18. The van der Waals surface area contributed by atoms with Crippen molar-refractivity contribution in [3.05, 3.63) is 28.2 Å². The molecule has 0 aliphatic rings. The minimum atomic E-state index is -0.0319. The first-order valence-corrected chi connectivity index (χ1v) is 5.91. The summed E-state index contributed by atoms with van der Waals surface area (Å²) in [6.07, 6.45) is 2.34. The van der Waals surface area contributed by atoms with Gasteiger partial charge >= 0.3 is 0 Å². The molecule has 1 aromatic heterocycles. The molecule has 0 radical (unpaired) electrons. The summed E-state index contributed by atoms with van der Waals surface area (Å²) < 4.78 is 1.51. The first-order chi connectivity index (χ1) is 7.63. The number of aryl methyl sites for hydroxylation is 1. The summed E-state index contributed by atoms with van der Waals surface area (Å²) in [7, 11) is 0. The van der Waals surface area contributed by atoms with Gasteiger partial charge in [-0.3, -0.25) is 4.79 Å². The number of hydrogen-bond acceptors (Lipinski definition) is 3. The third-order valence-corrected chi connectivity index (χ3v) is 2.54. The summed E-state index contributed by atoms with van der Waals surface area (Å²) in [5.74, 6) is 0. The maximum absolute atomic E-state index is 11.4. The molecule has 90 valence electrons. The van der Waals surface area contributed by atoms with Crippen molar-refractivity contribution < 1.29 is 0 Å². The Balaban J connectivity index is 2.43. The number of rotatable bonds is 6. The maximum atomic E-state index is 11.4. The first kappa shape index (κ1) is 12.9. The normalized spacial score (nSPS) is 12.7. The van der Waals surface area contributed by atoms with Crippen molar-refractivity contribution in [3.63, 3.8) is 0 Å². The number of nitrogens with one attached hydrogen (secondary N) is 1. The van der Waals surface area contributed by atoms with Gasteiger partial charge in [-0.1, -0.05) is 13.3 Å². The van der Waals surface area contributed by atoms with Gasteiger partial charge in [-0.2, -0.15) is 5.10 Å². The van der Waals surface area contributed by atoms with Crippen LogP contribution in [-0.2, 0) is 6.54 Å². The lowest BCUT2D eigenvalue weighted by Gasteiger charge is -2.12. The summed E-state index contributed by atoms with van der Waals surface area (Å²) in [6.45, 7) is 7.65. The average Bonchev–Trinajstić information content (AvgIpc) is 2.23. The fourth-order valence-corrected chi connectivity index (χ4v) is 1.66. The smallest absolute Gasteiger partial charge is 0.266 e. The lowest BCUT2D eigenvalue weighted by molar-refractivity contribution is 0.462. The molecular weight excluding hydrogens is 202 g/mol. The van der Waals surface area contributed by atoms with E-state index in [0.29, 0.717) is 12.6 Å². The molecular formula is C12H21N3O. The number of nitrogens with zero attached hydrogens (tertiary/aromatic N) is 2. The van der Waals surface area contributed by atoms with Crippen LogP contribution >= 0.6 is 0 Å². The van der Waals surface area contributed by atoms with Crippen molar-refractivity contribution in [2.45, 2.75) is 46.2 Å². The molecule has 1 aromatic rings. The first-order valence-electron chi connectivity index (χ1n) is 5.91. The van der Waals surface area contributed by atoms with Gasteiger partial charge in [-0.25, -0.2) is 4.68 Å². The Kier molecular flexibility index (Phi) is 5.19. The highest BCUT2D eigenvalue weighted by atomic mass is 16.1. The molecule has 1 N–H and O–H groups in total. The summed E-state index contributed by atoms with van der Waals surface area (Å²) in [6, 6.07) is 3.81. The van der Waals surface area contributed by atoms with Crippen LogP contribution in [0.5, 0.6) is 0 Å². The predicted octanol–water partition coefficient (Wildman–Crippen LogP) is 1.33. The highest BCUT2D eigenvalue weighted by Crippen LogP contribution is 1.94. The zero-order chi connectivity index (χ0) is 12.0. The Morgan fingerprint density at radius 3 is 2.94 bits per heavy atom. The van der Waals surface area contributed by atoms with Gasteiger partial charge in [-0.05, 0) is 26.3 Å². The largest absolute Gasteiger partial charge is 0.312 e. The summed E-state index contributed by atoms with van der Waals surface area (Å²) in [5.41, 5.74) is 0.844. The van der Waals surface area contributed by atoms with Crippen molar-refractivity contribution in [1.29, 1.82) is 0 Å². The Morgan fingerprint density at radius 2 is 2.25 bits per heavy atom. The van der Waals surface area contributed by atoms with Crippen LogP contribution in [0.2, 0.25) is 0 Å². The van der Waals surface area contributed by atoms with E-state index in [2.05, 4.69) is 24.3 Å². The van der Waals surface area contributed by atoms with Gasteiger partial charge in [0.15, 0.2) is 0 Å². The maximum Gasteiger partial charge on any atom is 0.266 e. The zero-order valence-electron chi connectivity index (χ0n) is 10.4. The monoisotopic (exact) mass is 223 g/mol. The standard InChI is InChI=1S/C12H21N3O/c1-4-5-10(2)13-8-9-15-12(16)7-6-11(3)14-15/h6-7,10,13H,4-5,8-9H2,1-3H3. The van der Waals surface area contributed by atoms with Gasteiger partial charge in [0.1, 0.15) is 0 Å². The van der Waals surface area contributed by atoms with Gasteiger partial charge in [0.25, 0.3) is 5.56 Å². The molecule has 4 heteroatoms. The highest BCUT2D eigenvalue weighted by molar-refractivity contribution is 4.96. The molecule has 0 spiro atoms. The minimum Gasteiger partial charge on any atom is -0.312 e. The van der Waals surface area contributed by atoms with Crippen LogP contribution in [0.15, 0.2) is 16.9 Å². The molecule has 0 aliphatic heterocycles. The lowest BCUT2D eigenvalue weighted by atomic mass is 10.2. The zero-order valence-corrected chi connectivity index (χ0v) is 10.4. The van der Waals surface area contributed by atoms with Gasteiger partial charge in [0.2, 0.25) is 0 Å². The lowest BCUT2D eigenvalue weighted by Crippen LogP contribution is -2.33. The van der Waals surface area contributed by atoms with E-state index in [0.717, 1.165) is 18.7 Å². The van der Waals surface area contributed by atoms with E-state index in [9.17, 15) is 4.79 Å². The molecule has 4 nitrogen and oxygen atoms in total. The van der Waals surface area contributed by atoms with Crippen molar-refractivity contribution in [1.82, 2.24) is 15.1 Å². The van der Waals surface area contributed by atoms with E-state index < -0.39 is 0 Å². The van der Waals surface area contributed by atoms with E-state index in [-0.39, 0.29) is 5.56 Å². The van der Waals surface area contributed by atoms with Gasteiger partial charge in [0, 0.05) is 18.7 Å². The Morgan fingerprint density at radius 1 is 1.50 bits per heavy atom. The van der Waals surface area contributed by atoms with Gasteiger partial charge < -0.3 is 5.32 Å². The Bertz CT molecular complexity index is 373. The highest BCUT2D eigenvalue weighted by Gasteiger charge is 2.00. The molecule has 1 atom stereocenters. The van der Waals surface area contributed by atoms with Crippen LogP contribution in [-0.4, -0.2) is 22.4 Å². The van der Waals surface area contributed by atoms with E-state index in [1.54, 1.807) is 12.1 Å². The van der Waals surface area contributed by atoms with Crippen molar-refractivity contribution in [2.24, 2.45) is 0 Å². The van der Waals surface area contributed by atoms with Crippen LogP contribution in [0.1, 0.15) is 32.4 Å². The van der Waals surface area contributed by atoms with Crippen molar-refractivity contribution in [3.8, 4) is 0 Å². The van der Waals surface area contributed by atoms with E-state index in [1.807, 2.05) is 6.92 Å². The quantitative estimate of drug-likeness (QED) is 0.791. The molecule has 1 unspecified atom stereocenters. The molecule has 0 bridgehead atoms. The molecule has 1 heterocycles. The molecule has 0 saturated heterocycles. The summed E-state index contributed by atoms with van der Waals surface area (Å²) in [4.78, 5) is 11.4. The van der Waals surface area contributed by atoms with Crippen LogP contribution in [0.4, 0.5) is 0 Å². The van der Waals surface area contributed by atoms with Crippen LogP contribution in [0.3, 0.4) is 0 Å². The second kappa shape index (κ2) is 6.43. The van der Waals surface area contributed by atoms with E-state index in [4.69, 9.17) is 0 Å². The Labute approximate surface area is 96.7 Å². The molecule has 0 fully saturated rings. The Hall–Kier alpha value is -1.16. The van der Waals surface area contributed by atoms with Crippen molar-refractivity contribution in [2.75, 3.05) is 6.54 Å². The predicted molar refractivity (Wildman–Crippen MR) is 65.6 cm³/mol. The number of aromatic nitrogens is 2. The fraction of sp³-hybridized carbons (Fsp3) is 0.667. The molecule has 0 aromatic carbocycles. The molecule has 0 amide bonds. The molecule has 0 saturated carbocycles. The van der Waals surface area contributed by atoms with Gasteiger partial charge in [-0.15, -0.1) is 0 Å². The third kappa shape index (κ3) is 4.14. The minimum absolute atomic E-state index is 0.0319. The topological polar surface area (TPSA) is 46.9 Å². The SMILES string of the molecule is CCCC(C)NCCn1nc(C)ccc1=O. The number of hydrogen-bond donors (Lipinski definition) is 1. The molecule has 1 rings (SSSR count). The summed E-state index contributed by atoms with van der Waals surface area (Å²) >= 11 is 0. The average molecular weight is 223 g/mol. The van der Waals surface area contributed by atoms with Crippen molar-refractivity contribution >= 4 is 0 Å². The summed E-state index contributed by atoms with van der Waals surface area (Å²) in [5, 5.41) is 7.56. The fourth-order valence-electron chi connectivity index (χ4n) is 1.66. The second-order valence-electron chi connectivity index (χ2n) is 4.18. The molecule has 0 aliphatic carbocycles. The third-order valence-electron chi connectivity index (χ3n) is 2.54. The van der Waals surface area contributed by atoms with E-state index in [1.165, 1.54) is 11.1 Å². The van der Waals surface area contributed by atoms with Crippen LogP contribution in [0, 0.1) is 6.92 Å². The van der Waals surface area contributed by atoms with E-state index >= 15 is 0 Å². The van der Waals surface area contributed by atoms with Gasteiger partial charge in [0.05, 0.1) is 12.2 Å².